The van der Waals surface area contributed by atoms with Crippen molar-refractivity contribution in [1.29, 1.82) is 0 Å². The van der Waals surface area contributed by atoms with Crippen LogP contribution in [0.5, 0.6) is 0 Å². The number of fused-ring (bicyclic) bond motifs is 1. The minimum atomic E-state index is 0. The Labute approximate surface area is 198 Å². The van der Waals surface area contributed by atoms with E-state index in [9.17, 15) is 0 Å². The molecule has 6 nitrogen and oxygen atoms in total. The van der Waals surface area contributed by atoms with Crippen LogP contribution in [-0.2, 0) is 20.6 Å². The van der Waals surface area contributed by atoms with Gasteiger partial charge in [-0.05, 0) is 43.2 Å². The fourth-order valence-electron chi connectivity index (χ4n) is 4.27. The molecule has 0 saturated carbocycles. The standard InChI is InChI=1S/C23H37N3O3.HI/c1-24-23(26-13-11-19(17-26)18-28-16-15-27-2)25-12-6-14-29-22-10-5-8-20-7-3-4-9-21(20)22;/h3-4,7,9,19,22H,5-6,8,10-18H2,1-2H3,(H,24,25);1H. The number of aliphatic imine (C=N–C) groups is 1. The van der Waals surface area contributed by atoms with Crippen LogP contribution in [0.2, 0.25) is 0 Å². The van der Waals surface area contributed by atoms with E-state index in [4.69, 9.17) is 14.2 Å². The van der Waals surface area contributed by atoms with Gasteiger partial charge in [-0.3, -0.25) is 4.99 Å². The Kier molecular flexibility index (Phi) is 12.0. The highest BCUT2D eigenvalue weighted by Crippen LogP contribution is 2.32. The number of hydrogen-bond acceptors (Lipinski definition) is 4. The molecule has 3 rings (SSSR count). The third-order valence-corrected chi connectivity index (χ3v) is 5.82. The maximum atomic E-state index is 6.21. The summed E-state index contributed by atoms with van der Waals surface area (Å²) in [6, 6.07) is 8.72. The Bertz CT molecular complexity index is 644. The lowest BCUT2D eigenvalue weighted by molar-refractivity contribution is 0.0397. The molecule has 0 bridgehead atoms. The number of benzene rings is 1. The quantitative estimate of drug-likeness (QED) is 0.216. The van der Waals surface area contributed by atoms with Gasteiger partial charge in [0.25, 0.3) is 0 Å². The predicted molar refractivity (Wildman–Crippen MR) is 132 cm³/mol. The van der Waals surface area contributed by atoms with Crippen molar-refractivity contribution in [2.45, 2.75) is 38.2 Å². The Morgan fingerprint density at radius 3 is 2.90 bits per heavy atom. The van der Waals surface area contributed by atoms with Crippen LogP contribution in [0.25, 0.3) is 0 Å². The van der Waals surface area contributed by atoms with Crippen molar-refractivity contribution < 1.29 is 14.2 Å². The maximum absolute atomic E-state index is 6.21. The first kappa shape index (κ1) is 25.4. The van der Waals surface area contributed by atoms with Gasteiger partial charge in [-0.15, -0.1) is 24.0 Å². The normalized spacial score (nSPS) is 21.3. The summed E-state index contributed by atoms with van der Waals surface area (Å²) < 4.78 is 16.9. The highest BCUT2D eigenvalue weighted by atomic mass is 127. The van der Waals surface area contributed by atoms with Gasteiger partial charge in [0.2, 0.25) is 0 Å². The summed E-state index contributed by atoms with van der Waals surface area (Å²) in [6.07, 6.45) is 5.93. The minimum absolute atomic E-state index is 0. The topological polar surface area (TPSA) is 55.3 Å². The molecular weight excluding hydrogens is 493 g/mol. The van der Waals surface area contributed by atoms with E-state index in [1.165, 1.54) is 24.0 Å². The van der Waals surface area contributed by atoms with Crippen LogP contribution in [0.1, 0.15) is 42.9 Å². The van der Waals surface area contributed by atoms with Gasteiger partial charge in [-0.25, -0.2) is 0 Å². The first-order valence-corrected chi connectivity index (χ1v) is 11.0. The summed E-state index contributed by atoms with van der Waals surface area (Å²) in [7, 11) is 3.57. The Balaban J connectivity index is 0.00000320. The molecule has 7 heteroatoms. The van der Waals surface area contributed by atoms with E-state index < -0.39 is 0 Å². The van der Waals surface area contributed by atoms with Crippen LogP contribution in [0, 0.1) is 5.92 Å². The van der Waals surface area contributed by atoms with Crippen molar-refractivity contribution in [3.8, 4) is 0 Å². The fourth-order valence-corrected chi connectivity index (χ4v) is 4.27. The van der Waals surface area contributed by atoms with E-state index in [-0.39, 0.29) is 30.1 Å². The largest absolute Gasteiger partial charge is 0.382 e. The molecule has 1 N–H and O–H groups in total. The summed E-state index contributed by atoms with van der Waals surface area (Å²) in [4.78, 5) is 6.80. The van der Waals surface area contributed by atoms with Crippen molar-refractivity contribution in [3.05, 3.63) is 35.4 Å². The number of nitrogens with zero attached hydrogens (tertiary/aromatic N) is 2. The molecule has 2 aliphatic rings. The molecule has 30 heavy (non-hydrogen) atoms. The Hall–Kier alpha value is -0.900. The molecule has 0 radical (unpaired) electrons. The third kappa shape index (κ3) is 7.66. The lowest BCUT2D eigenvalue weighted by Crippen LogP contribution is -2.40. The number of likely N-dealkylation sites (tertiary alicyclic amines) is 1. The molecule has 2 atom stereocenters. The predicted octanol–water partition coefficient (Wildman–Crippen LogP) is 3.65. The van der Waals surface area contributed by atoms with E-state index in [0.29, 0.717) is 19.1 Å². The molecular formula is C23H38IN3O3. The zero-order valence-electron chi connectivity index (χ0n) is 18.5. The molecule has 2 unspecified atom stereocenters. The first-order valence-electron chi connectivity index (χ1n) is 11.0. The number of hydrogen-bond donors (Lipinski definition) is 1. The first-order chi connectivity index (χ1) is 14.3. The third-order valence-electron chi connectivity index (χ3n) is 5.82. The highest BCUT2D eigenvalue weighted by molar-refractivity contribution is 14.0. The van der Waals surface area contributed by atoms with Gasteiger partial charge in [0, 0.05) is 46.3 Å². The van der Waals surface area contributed by atoms with Gasteiger partial charge in [0.1, 0.15) is 0 Å². The van der Waals surface area contributed by atoms with Gasteiger partial charge in [-0.2, -0.15) is 0 Å². The van der Waals surface area contributed by atoms with Gasteiger partial charge in [0.05, 0.1) is 25.9 Å². The second kappa shape index (κ2) is 14.2. The van der Waals surface area contributed by atoms with Crippen molar-refractivity contribution >= 4 is 29.9 Å². The van der Waals surface area contributed by atoms with Gasteiger partial charge >= 0.3 is 0 Å². The number of rotatable bonds is 10. The van der Waals surface area contributed by atoms with Crippen molar-refractivity contribution in [2.24, 2.45) is 10.9 Å². The van der Waals surface area contributed by atoms with Crippen LogP contribution < -0.4 is 5.32 Å². The number of guanidine groups is 1. The second-order valence-corrected chi connectivity index (χ2v) is 7.95. The van der Waals surface area contributed by atoms with E-state index in [0.717, 1.165) is 58.1 Å². The number of methoxy groups -OCH3 is 1. The molecule has 0 amide bonds. The molecule has 1 aromatic carbocycles. The van der Waals surface area contributed by atoms with E-state index in [1.54, 1.807) is 7.11 Å². The molecule has 0 spiro atoms. The van der Waals surface area contributed by atoms with E-state index >= 15 is 0 Å². The van der Waals surface area contributed by atoms with Crippen LogP contribution in [-0.4, -0.2) is 71.1 Å². The van der Waals surface area contributed by atoms with Gasteiger partial charge < -0.3 is 24.4 Å². The van der Waals surface area contributed by atoms with Crippen molar-refractivity contribution in [3.63, 3.8) is 0 Å². The van der Waals surface area contributed by atoms with Gasteiger partial charge in [0.15, 0.2) is 5.96 Å². The average Bonchev–Trinajstić information content (AvgIpc) is 3.22. The van der Waals surface area contributed by atoms with Crippen LogP contribution in [0.3, 0.4) is 0 Å². The molecule has 1 aliphatic heterocycles. The van der Waals surface area contributed by atoms with Crippen LogP contribution >= 0.6 is 24.0 Å². The number of aryl methyl sites for hydroxylation is 1. The van der Waals surface area contributed by atoms with Crippen molar-refractivity contribution in [1.82, 2.24) is 10.2 Å². The van der Waals surface area contributed by atoms with E-state index in [1.807, 2.05) is 7.05 Å². The van der Waals surface area contributed by atoms with Crippen LogP contribution in [0.15, 0.2) is 29.3 Å². The Morgan fingerprint density at radius 2 is 2.07 bits per heavy atom. The molecule has 1 heterocycles. The summed E-state index contributed by atoms with van der Waals surface area (Å²) >= 11 is 0. The molecule has 1 fully saturated rings. The molecule has 1 saturated heterocycles. The number of ether oxygens (including phenoxy) is 3. The van der Waals surface area contributed by atoms with Gasteiger partial charge in [-0.1, -0.05) is 24.3 Å². The highest BCUT2D eigenvalue weighted by Gasteiger charge is 2.25. The summed E-state index contributed by atoms with van der Waals surface area (Å²) in [5.41, 5.74) is 2.84. The summed E-state index contributed by atoms with van der Waals surface area (Å²) in [5, 5.41) is 3.50. The number of halogens is 1. The SMILES string of the molecule is CN=C(NCCCOC1CCCc2ccccc21)N1CCC(COCCOC)C1.I. The van der Waals surface area contributed by atoms with Crippen molar-refractivity contribution in [2.75, 3.05) is 60.2 Å². The van der Waals surface area contributed by atoms with Crippen LogP contribution in [0.4, 0.5) is 0 Å². The molecule has 1 aliphatic carbocycles. The lowest BCUT2D eigenvalue weighted by atomic mass is 9.89. The molecule has 0 aromatic heterocycles. The molecule has 170 valence electrons. The van der Waals surface area contributed by atoms with E-state index in [2.05, 4.69) is 39.5 Å². The Morgan fingerprint density at radius 1 is 1.20 bits per heavy atom. The monoisotopic (exact) mass is 531 g/mol. The summed E-state index contributed by atoms with van der Waals surface area (Å²) in [6.45, 7) is 5.83. The fraction of sp³-hybridized carbons (Fsp3) is 0.696. The zero-order chi connectivity index (χ0) is 20.3. The maximum Gasteiger partial charge on any atom is 0.193 e. The second-order valence-electron chi connectivity index (χ2n) is 7.95. The summed E-state index contributed by atoms with van der Waals surface area (Å²) in [5.74, 6) is 1.56. The smallest absolute Gasteiger partial charge is 0.193 e. The average molecular weight is 531 g/mol. The molecule has 1 aromatic rings. The zero-order valence-corrected chi connectivity index (χ0v) is 20.8. The lowest BCUT2D eigenvalue weighted by Gasteiger charge is -2.26. The minimum Gasteiger partial charge on any atom is -0.382 e. The number of nitrogens with one attached hydrogen (secondary N) is 1.